The van der Waals surface area contributed by atoms with Crippen molar-refractivity contribution in [3.8, 4) is 0 Å². The summed E-state index contributed by atoms with van der Waals surface area (Å²) >= 11 is 4.95. The molecule has 0 aromatic rings. The normalized spacial score (nSPS) is 14.9. The van der Waals surface area contributed by atoms with Crippen LogP contribution >= 0.6 is 11.6 Å². The molecule has 0 saturated carbocycles. The van der Waals surface area contributed by atoms with E-state index in [4.69, 9.17) is 11.6 Å². The highest BCUT2D eigenvalue weighted by Gasteiger charge is 2.63. The van der Waals surface area contributed by atoms with Crippen molar-refractivity contribution in [2.75, 3.05) is 6.61 Å². The highest BCUT2D eigenvalue weighted by Crippen LogP contribution is 2.48. The second-order valence-electron chi connectivity index (χ2n) is 6.23. The Morgan fingerprint density at radius 3 is 1.26 bits per heavy atom. The molecule has 0 radical (unpaired) electrons. The lowest BCUT2D eigenvalue weighted by Crippen LogP contribution is -2.47. The van der Waals surface area contributed by atoms with Gasteiger partial charge in [-0.1, -0.05) is 11.6 Å². The van der Waals surface area contributed by atoms with E-state index in [1.54, 1.807) is 0 Å². The fourth-order valence-corrected chi connectivity index (χ4v) is 1.98. The maximum Gasteiger partial charge on any atom is 0.453 e. The van der Waals surface area contributed by atoms with Crippen molar-refractivity contribution in [1.82, 2.24) is 0 Å². The summed E-state index contributed by atoms with van der Waals surface area (Å²) in [6, 6.07) is 0. The van der Waals surface area contributed by atoms with E-state index in [0.717, 1.165) is 0 Å². The number of hydrogen-bond donors (Lipinski definition) is 0. The van der Waals surface area contributed by atoms with Crippen molar-refractivity contribution in [2.45, 2.75) is 67.9 Å². The second kappa shape index (κ2) is 10.0. The molecule has 0 aromatic heterocycles. The van der Waals surface area contributed by atoms with Gasteiger partial charge in [0.1, 0.15) is 0 Å². The van der Waals surface area contributed by atoms with Crippen LogP contribution in [0.3, 0.4) is 0 Å². The Balaban J connectivity index is 5.06. The third-order valence-electron chi connectivity index (χ3n) is 3.85. The lowest BCUT2D eigenvalue weighted by atomic mass is 9.95. The molecule has 0 aromatic carbocycles. The van der Waals surface area contributed by atoms with E-state index in [0.29, 0.717) is 11.6 Å². The van der Waals surface area contributed by atoms with Crippen molar-refractivity contribution in [2.24, 2.45) is 0 Å². The molecule has 0 atom stereocenters. The quantitative estimate of drug-likeness (QED) is 0.162. The lowest BCUT2D eigenvalue weighted by molar-refractivity contribution is -0.295. The molecular weight excluding hydrogens is 495 g/mol. The molecule has 0 amide bonds. The number of alkyl halides is 13. The number of esters is 1. The van der Waals surface area contributed by atoms with Crippen molar-refractivity contribution in [3.05, 3.63) is 11.6 Å². The molecule has 16 heteroatoms. The maximum atomic E-state index is 13.6. The minimum absolute atomic E-state index is 0.517. The van der Waals surface area contributed by atoms with Gasteiger partial charge in [0.05, 0.1) is 13.0 Å². The molecule has 31 heavy (non-hydrogen) atoms. The van der Waals surface area contributed by atoms with Crippen LogP contribution in [-0.4, -0.2) is 48.4 Å². The monoisotopic (exact) mass is 508 g/mol. The fourth-order valence-electron chi connectivity index (χ4n) is 1.88. The summed E-state index contributed by atoms with van der Waals surface area (Å²) in [5.74, 6) is -28.8. The van der Waals surface area contributed by atoms with Crippen LogP contribution in [0.4, 0.5) is 57.1 Å². The Hall–Kier alpha value is -1.41. The zero-order chi connectivity index (χ0) is 24.9. The number of hydrogen-bond acceptors (Lipinski definition) is 2. The highest BCUT2D eigenvalue weighted by atomic mass is 35.5. The van der Waals surface area contributed by atoms with E-state index < -0.39 is 80.5 Å². The summed E-state index contributed by atoms with van der Waals surface area (Å²) in [5.41, 5.74) is 0.599. The minimum Gasteiger partial charge on any atom is -0.462 e. The molecule has 0 fully saturated rings. The molecule has 0 aliphatic rings. The first-order valence-electron chi connectivity index (χ1n) is 8.01. The highest BCUT2D eigenvalue weighted by molar-refractivity contribution is 6.26. The Kier molecular flexibility index (Phi) is 9.57. The van der Waals surface area contributed by atoms with Crippen LogP contribution in [0.15, 0.2) is 11.6 Å². The van der Waals surface area contributed by atoms with Gasteiger partial charge in [-0.25, -0.2) is 4.79 Å². The van der Waals surface area contributed by atoms with Crippen LogP contribution < -0.4 is 0 Å². The Bertz CT molecular complexity index is 629. The molecule has 0 heterocycles. The molecule has 0 aliphatic heterocycles. The first-order valence-corrected chi connectivity index (χ1v) is 8.45. The predicted molar refractivity (Wildman–Crippen MR) is 79.8 cm³/mol. The molecule has 184 valence electrons. The smallest absolute Gasteiger partial charge is 0.453 e. The van der Waals surface area contributed by atoms with Crippen LogP contribution in [0, 0.1) is 0 Å². The standard InChI is InChI=1S/C15H14ClF13O2/c16-7-1-9(30)31-8-6-13(23,24)12(21,22)3-2-10(17,18)11(19,20)4-5-14(25,26)15(27,28)29/h1,7H,2-6,8H2. The summed E-state index contributed by atoms with van der Waals surface area (Å²) in [4.78, 5) is 10.8. The predicted octanol–water partition coefficient (Wildman–Crippen LogP) is 6.97. The van der Waals surface area contributed by atoms with Crippen LogP contribution in [0.2, 0.25) is 0 Å². The largest absolute Gasteiger partial charge is 0.462 e. The number of rotatable bonds is 12. The van der Waals surface area contributed by atoms with Gasteiger partial charge in [-0.3, -0.25) is 0 Å². The second-order valence-corrected chi connectivity index (χ2v) is 6.48. The van der Waals surface area contributed by atoms with Gasteiger partial charge < -0.3 is 4.74 Å². The first-order chi connectivity index (χ1) is 13.6. The number of ether oxygens (including phenoxy) is 1. The van der Waals surface area contributed by atoms with Gasteiger partial charge in [0, 0.05) is 37.3 Å². The third-order valence-corrected chi connectivity index (χ3v) is 3.98. The average molecular weight is 509 g/mol. The molecule has 0 N–H and O–H groups in total. The van der Waals surface area contributed by atoms with Gasteiger partial charge in [-0.15, -0.1) is 0 Å². The molecule has 0 spiro atoms. The Morgan fingerprint density at radius 1 is 0.613 bits per heavy atom. The molecule has 0 rings (SSSR count). The number of halogens is 14. The van der Waals surface area contributed by atoms with Gasteiger partial charge in [0.25, 0.3) is 0 Å². The summed E-state index contributed by atoms with van der Waals surface area (Å²) in [6.07, 6.45) is -18.5. The van der Waals surface area contributed by atoms with Crippen LogP contribution in [-0.2, 0) is 9.53 Å². The van der Waals surface area contributed by atoms with Crippen LogP contribution in [0.1, 0.15) is 32.1 Å². The van der Waals surface area contributed by atoms with E-state index in [-0.39, 0.29) is 0 Å². The lowest BCUT2D eigenvalue weighted by Gasteiger charge is -2.31. The number of carbonyl (C=O) groups excluding carboxylic acids is 1. The fraction of sp³-hybridized carbons (Fsp3) is 0.800. The molecule has 0 bridgehead atoms. The van der Waals surface area contributed by atoms with E-state index in [2.05, 4.69) is 4.74 Å². The molecule has 2 nitrogen and oxygen atoms in total. The van der Waals surface area contributed by atoms with Gasteiger partial charge in [0.2, 0.25) is 0 Å². The summed E-state index contributed by atoms with van der Waals surface area (Å²) < 4.78 is 173. The van der Waals surface area contributed by atoms with Gasteiger partial charge in [-0.2, -0.15) is 57.1 Å². The minimum atomic E-state index is -6.32. The Labute approximate surface area is 171 Å². The van der Waals surface area contributed by atoms with E-state index in [1.807, 2.05) is 0 Å². The Morgan fingerprint density at radius 2 is 0.935 bits per heavy atom. The van der Waals surface area contributed by atoms with E-state index in [1.165, 1.54) is 0 Å². The van der Waals surface area contributed by atoms with Crippen molar-refractivity contribution < 1.29 is 66.6 Å². The number of carbonyl (C=O) groups is 1. The topological polar surface area (TPSA) is 26.3 Å². The van der Waals surface area contributed by atoms with Crippen molar-refractivity contribution >= 4 is 17.6 Å². The van der Waals surface area contributed by atoms with Crippen LogP contribution in [0.5, 0.6) is 0 Å². The van der Waals surface area contributed by atoms with Gasteiger partial charge >= 0.3 is 41.8 Å². The van der Waals surface area contributed by atoms with Gasteiger partial charge in [0.15, 0.2) is 0 Å². The maximum absolute atomic E-state index is 13.6. The molecular formula is C15H14ClF13O2. The summed E-state index contributed by atoms with van der Waals surface area (Å²) in [5, 5.41) is 0. The first kappa shape index (κ1) is 29.6. The molecule has 0 unspecified atom stereocenters. The van der Waals surface area contributed by atoms with Gasteiger partial charge in [-0.05, 0) is 0 Å². The van der Waals surface area contributed by atoms with Crippen LogP contribution in [0.25, 0.3) is 0 Å². The summed E-state index contributed by atoms with van der Waals surface area (Å²) in [6.45, 7) is -1.33. The van der Waals surface area contributed by atoms with Crippen molar-refractivity contribution in [1.29, 1.82) is 0 Å². The molecule has 0 aliphatic carbocycles. The average Bonchev–Trinajstić information content (AvgIpc) is 2.57. The zero-order valence-corrected chi connectivity index (χ0v) is 15.8. The SMILES string of the molecule is O=C(C=CCl)OCCC(F)(F)C(F)(F)CCC(F)(F)C(F)(F)CCC(F)(F)C(F)(F)F. The summed E-state index contributed by atoms with van der Waals surface area (Å²) in [7, 11) is 0. The third kappa shape index (κ3) is 8.22. The molecule has 0 saturated heterocycles. The zero-order valence-electron chi connectivity index (χ0n) is 15.0. The van der Waals surface area contributed by atoms with E-state index >= 15 is 0 Å². The van der Waals surface area contributed by atoms with E-state index in [9.17, 15) is 61.9 Å². The van der Waals surface area contributed by atoms with Crippen molar-refractivity contribution in [3.63, 3.8) is 0 Å².